The summed E-state index contributed by atoms with van der Waals surface area (Å²) >= 11 is 0. The fourth-order valence-electron chi connectivity index (χ4n) is 2.23. The van der Waals surface area contributed by atoms with Gasteiger partial charge in [-0.15, -0.1) is 0 Å². The van der Waals surface area contributed by atoms with E-state index in [1.165, 1.54) is 0 Å². The van der Waals surface area contributed by atoms with Crippen LogP contribution in [0.2, 0.25) is 0 Å². The Hall–Kier alpha value is -2.70. The molecule has 0 aliphatic carbocycles. The van der Waals surface area contributed by atoms with Gasteiger partial charge in [-0.25, -0.2) is 4.98 Å². The third-order valence-electron chi connectivity index (χ3n) is 3.24. The van der Waals surface area contributed by atoms with Crippen LogP contribution >= 0.6 is 0 Å². The second-order valence-corrected chi connectivity index (χ2v) is 6.36. The lowest BCUT2D eigenvalue weighted by molar-refractivity contribution is 0.120. The number of aromatic nitrogens is 2. The highest BCUT2D eigenvalue weighted by Crippen LogP contribution is 2.41. The molecule has 24 heavy (non-hydrogen) atoms. The van der Waals surface area contributed by atoms with Gasteiger partial charge < -0.3 is 25.7 Å². The fourth-order valence-corrected chi connectivity index (χ4v) is 2.23. The van der Waals surface area contributed by atoms with E-state index in [0.717, 1.165) is 11.1 Å². The molecule has 0 atom stereocenters. The SMILES string of the molecule is COc1cc(Cc2cnc(N)nc2N)cc(OC)c1OC(C)(C)C. The average molecular weight is 332 g/mol. The minimum Gasteiger partial charge on any atom is -0.493 e. The highest BCUT2D eigenvalue weighted by atomic mass is 16.5. The Labute approximate surface area is 142 Å². The molecule has 0 fully saturated rings. The number of hydrogen-bond donors (Lipinski definition) is 2. The predicted molar refractivity (Wildman–Crippen MR) is 93.6 cm³/mol. The zero-order chi connectivity index (χ0) is 17.9. The lowest BCUT2D eigenvalue weighted by atomic mass is 10.1. The van der Waals surface area contributed by atoms with E-state index in [9.17, 15) is 0 Å². The summed E-state index contributed by atoms with van der Waals surface area (Å²) in [7, 11) is 3.18. The third-order valence-corrected chi connectivity index (χ3v) is 3.24. The number of benzene rings is 1. The van der Waals surface area contributed by atoms with Crippen molar-refractivity contribution < 1.29 is 14.2 Å². The molecule has 7 nitrogen and oxygen atoms in total. The number of ether oxygens (including phenoxy) is 3. The maximum atomic E-state index is 5.97. The molecule has 2 aromatic rings. The summed E-state index contributed by atoms with van der Waals surface area (Å²) < 4.78 is 16.9. The molecule has 0 spiro atoms. The van der Waals surface area contributed by atoms with Crippen molar-refractivity contribution in [2.24, 2.45) is 0 Å². The Bertz CT molecular complexity index is 701. The normalized spacial score (nSPS) is 11.2. The van der Waals surface area contributed by atoms with E-state index in [4.69, 9.17) is 25.7 Å². The van der Waals surface area contributed by atoms with Gasteiger partial charge in [0, 0.05) is 18.2 Å². The Balaban J connectivity index is 2.41. The van der Waals surface area contributed by atoms with Crippen molar-refractivity contribution in [1.29, 1.82) is 0 Å². The van der Waals surface area contributed by atoms with Crippen molar-refractivity contribution >= 4 is 11.8 Å². The first kappa shape index (κ1) is 17.7. The fraction of sp³-hybridized carbons (Fsp3) is 0.412. The summed E-state index contributed by atoms with van der Waals surface area (Å²) in [5.41, 5.74) is 12.8. The molecule has 1 heterocycles. The van der Waals surface area contributed by atoms with Gasteiger partial charge in [-0.2, -0.15) is 4.98 Å². The maximum absolute atomic E-state index is 5.97. The Kier molecular flexibility index (Phi) is 5.02. The molecule has 0 saturated carbocycles. The van der Waals surface area contributed by atoms with E-state index in [0.29, 0.717) is 29.5 Å². The second-order valence-electron chi connectivity index (χ2n) is 6.36. The lowest BCUT2D eigenvalue weighted by Gasteiger charge is -2.24. The largest absolute Gasteiger partial charge is 0.493 e. The summed E-state index contributed by atoms with van der Waals surface area (Å²) in [6.07, 6.45) is 2.14. The summed E-state index contributed by atoms with van der Waals surface area (Å²) in [5, 5.41) is 0. The first-order chi connectivity index (χ1) is 11.2. The number of nitrogens with zero attached hydrogens (tertiary/aromatic N) is 2. The van der Waals surface area contributed by atoms with Crippen LogP contribution in [0.5, 0.6) is 17.2 Å². The summed E-state index contributed by atoms with van der Waals surface area (Å²) in [5.74, 6) is 2.26. The molecule has 0 aliphatic rings. The van der Waals surface area contributed by atoms with E-state index in [1.54, 1.807) is 20.4 Å². The average Bonchev–Trinajstić information content (AvgIpc) is 2.49. The first-order valence-electron chi connectivity index (χ1n) is 7.54. The zero-order valence-electron chi connectivity index (χ0n) is 14.7. The van der Waals surface area contributed by atoms with Gasteiger partial charge >= 0.3 is 0 Å². The van der Waals surface area contributed by atoms with Crippen LogP contribution in [0.25, 0.3) is 0 Å². The molecular formula is C17H24N4O3. The second kappa shape index (κ2) is 6.82. The standard InChI is InChI=1S/C17H24N4O3/c1-17(2,3)24-14-12(22-4)7-10(8-13(14)23-5)6-11-9-20-16(19)21-15(11)18/h7-9H,6H2,1-5H3,(H4,18,19,20,21). The molecule has 7 heteroatoms. The van der Waals surface area contributed by atoms with Crippen LogP contribution in [0.1, 0.15) is 31.9 Å². The van der Waals surface area contributed by atoms with Gasteiger partial charge in [-0.3, -0.25) is 0 Å². The van der Waals surface area contributed by atoms with Gasteiger partial charge in [0.25, 0.3) is 0 Å². The van der Waals surface area contributed by atoms with Crippen molar-refractivity contribution in [2.45, 2.75) is 32.8 Å². The van der Waals surface area contributed by atoms with Gasteiger partial charge in [0.1, 0.15) is 11.4 Å². The van der Waals surface area contributed by atoms with E-state index >= 15 is 0 Å². The van der Waals surface area contributed by atoms with Crippen LogP contribution in [-0.4, -0.2) is 29.8 Å². The Morgan fingerprint density at radius 2 is 1.62 bits per heavy atom. The molecule has 1 aromatic carbocycles. The first-order valence-corrected chi connectivity index (χ1v) is 7.54. The van der Waals surface area contributed by atoms with E-state index < -0.39 is 0 Å². The van der Waals surface area contributed by atoms with Crippen molar-refractivity contribution in [1.82, 2.24) is 9.97 Å². The van der Waals surface area contributed by atoms with Crippen molar-refractivity contribution in [2.75, 3.05) is 25.7 Å². The quantitative estimate of drug-likeness (QED) is 0.866. The lowest BCUT2D eigenvalue weighted by Crippen LogP contribution is -2.23. The number of methoxy groups -OCH3 is 2. The molecule has 1 aromatic heterocycles. The van der Waals surface area contributed by atoms with Crippen LogP contribution in [0.15, 0.2) is 18.3 Å². The molecular weight excluding hydrogens is 308 g/mol. The Morgan fingerprint density at radius 1 is 1.04 bits per heavy atom. The molecule has 4 N–H and O–H groups in total. The summed E-state index contributed by atoms with van der Waals surface area (Å²) in [6, 6.07) is 3.78. The van der Waals surface area contributed by atoms with E-state index in [1.807, 2.05) is 32.9 Å². The molecule has 130 valence electrons. The molecule has 0 bridgehead atoms. The topological polar surface area (TPSA) is 106 Å². The minimum atomic E-state index is -0.378. The van der Waals surface area contributed by atoms with Gasteiger partial charge in [0.2, 0.25) is 11.7 Å². The highest BCUT2D eigenvalue weighted by molar-refractivity contribution is 5.55. The maximum Gasteiger partial charge on any atom is 0.221 e. The summed E-state index contributed by atoms with van der Waals surface area (Å²) in [6.45, 7) is 5.89. The third kappa shape index (κ3) is 4.18. The van der Waals surface area contributed by atoms with Crippen LogP contribution in [-0.2, 0) is 6.42 Å². The predicted octanol–water partition coefficient (Wildman–Crippen LogP) is 2.43. The van der Waals surface area contributed by atoms with Gasteiger partial charge in [0.05, 0.1) is 14.2 Å². The number of rotatable bonds is 5. The summed E-state index contributed by atoms with van der Waals surface area (Å²) in [4.78, 5) is 7.96. The number of hydrogen-bond acceptors (Lipinski definition) is 7. The molecule has 0 unspecified atom stereocenters. The van der Waals surface area contributed by atoms with E-state index in [-0.39, 0.29) is 11.5 Å². The molecule has 0 radical (unpaired) electrons. The Morgan fingerprint density at radius 3 is 2.08 bits per heavy atom. The van der Waals surface area contributed by atoms with Crippen molar-refractivity contribution in [3.05, 3.63) is 29.5 Å². The monoisotopic (exact) mass is 332 g/mol. The van der Waals surface area contributed by atoms with Gasteiger partial charge in [-0.1, -0.05) is 0 Å². The highest BCUT2D eigenvalue weighted by Gasteiger charge is 2.21. The zero-order valence-corrected chi connectivity index (χ0v) is 14.7. The smallest absolute Gasteiger partial charge is 0.221 e. The number of anilines is 2. The van der Waals surface area contributed by atoms with Gasteiger partial charge in [0.15, 0.2) is 11.5 Å². The van der Waals surface area contributed by atoms with Crippen molar-refractivity contribution in [3.8, 4) is 17.2 Å². The van der Waals surface area contributed by atoms with Crippen LogP contribution in [0.3, 0.4) is 0 Å². The molecule has 0 amide bonds. The van der Waals surface area contributed by atoms with Crippen LogP contribution in [0, 0.1) is 0 Å². The molecule has 2 rings (SSSR count). The minimum absolute atomic E-state index is 0.153. The molecule has 0 aliphatic heterocycles. The van der Waals surface area contributed by atoms with Crippen LogP contribution < -0.4 is 25.7 Å². The number of nitrogens with two attached hydrogens (primary N) is 2. The van der Waals surface area contributed by atoms with Gasteiger partial charge in [-0.05, 0) is 38.5 Å². The van der Waals surface area contributed by atoms with E-state index in [2.05, 4.69) is 9.97 Å². The molecule has 0 saturated heterocycles. The van der Waals surface area contributed by atoms with Crippen molar-refractivity contribution in [3.63, 3.8) is 0 Å². The number of nitrogen functional groups attached to an aromatic ring is 2. The van der Waals surface area contributed by atoms with Crippen LogP contribution in [0.4, 0.5) is 11.8 Å².